The molecule has 9 atom stereocenters. The highest BCUT2D eigenvalue weighted by atomic mass is 35.5. The molecule has 0 radical (unpaired) electrons. The van der Waals surface area contributed by atoms with Crippen LogP contribution in [-0.4, -0.2) is 45.3 Å². The van der Waals surface area contributed by atoms with Gasteiger partial charge in [-0.15, -0.1) is 11.3 Å². The molecular weight excluding hydrogens is 498 g/mol. The number of carboxylic acid groups (broad SMARTS) is 1. The second-order valence-electron chi connectivity index (χ2n) is 12.4. The molecular formula is C28H34ClNO5S. The lowest BCUT2D eigenvalue weighted by Gasteiger charge is -2.66. The van der Waals surface area contributed by atoms with Gasteiger partial charge in [-0.1, -0.05) is 50.9 Å². The Balaban J connectivity index is 1.39. The zero-order valence-corrected chi connectivity index (χ0v) is 22.7. The molecule has 1 saturated heterocycles. The van der Waals surface area contributed by atoms with Gasteiger partial charge in [0.15, 0.2) is 11.4 Å². The number of carbonyl (C=O) groups is 2. The molecule has 36 heavy (non-hydrogen) atoms. The molecule has 0 bridgehead atoms. The van der Waals surface area contributed by atoms with Crippen molar-refractivity contribution in [3.8, 4) is 0 Å². The minimum absolute atomic E-state index is 0.00672. The smallest absolute Gasteiger partial charge is 0.339 e. The van der Waals surface area contributed by atoms with Gasteiger partial charge in [-0.3, -0.25) is 9.63 Å². The Labute approximate surface area is 220 Å². The maximum Gasteiger partial charge on any atom is 0.339 e. The quantitative estimate of drug-likeness (QED) is 0.563. The van der Waals surface area contributed by atoms with E-state index >= 15 is 0 Å². The van der Waals surface area contributed by atoms with Crippen molar-refractivity contribution in [2.24, 2.45) is 39.9 Å². The molecule has 0 aromatic carbocycles. The third kappa shape index (κ3) is 2.90. The molecule has 1 aromatic heterocycles. The number of hydroxylamine groups is 2. The molecule has 0 spiro atoms. The lowest BCUT2D eigenvalue weighted by atomic mass is 9.38. The largest absolute Gasteiger partial charge is 0.479 e. The second-order valence-corrected chi connectivity index (χ2v) is 14.2. The summed E-state index contributed by atoms with van der Waals surface area (Å²) in [7, 11) is 0. The van der Waals surface area contributed by atoms with Crippen LogP contribution in [0.5, 0.6) is 0 Å². The first-order chi connectivity index (χ1) is 16.9. The number of ketones is 1. The van der Waals surface area contributed by atoms with Crippen molar-refractivity contribution in [3.63, 3.8) is 0 Å². The van der Waals surface area contributed by atoms with Gasteiger partial charge in [-0.25, -0.2) is 4.79 Å². The molecule has 1 aliphatic heterocycles. The number of nitrogens with zero attached hydrogens (tertiary/aromatic N) is 1. The van der Waals surface area contributed by atoms with Gasteiger partial charge in [-0.05, 0) is 61.3 Å². The lowest BCUT2D eigenvalue weighted by molar-refractivity contribution is -0.272. The fourth-order valence-corrected chi connectivity index (χ4v) is 10.3. The van der Waals surface area contributed by atoms with Gasteiger partial charge in [0.25, 0.3) is 0 Å². The van der Waals surface area contributed by atoms with E-state index in [0.29, 0.717) is 23.8 Å². The number of hydrogen-bond acceptors (Lipinski definition) is 6. The third-order valence-electron chi connectivity index (χ3n) is 11.1. The topological polar surface area (TPSA) is 87.1 Å². The molecule has 2 N–H and O–H groups in total. The van der Waals surface area contributed by atoms with Crippen molar-refractivity contribution < 1.29 is 24.6 Å². The fraction of sp³-hybridized carbons (Fsp3) is 0.643. The van der Waals surface area contributed by atoms with Crippen molar-refractivity contribution in [1.82, 2.24) is 5.06 Å². The highest BCUT2D eigenvalue weighted by molar-refractivity contribution is 7.16. The van der Waals surface area contributed by atoms with Crippen molar-refractivity contribution in [2.75, 3.05) is 6.54 Å². The lowest BCUT2D eigenvalue weighted by Crippen LogP contribution is -2.67. The Morgan fingerprint density at radius 3 is 2.67 bits per heavy atom. The molecule has 6 nitrogen and oxygen atoms in total. The zero-order valence-electron chi connectivity index (χ0n) is 21.2. The maximum atomic E-state index is 13.1. The molecule has 6 rings (SSSR count). The van der Waals surface area contributed by atoms with Crippen LogP contribution >= 0.6 is 22.9 Å². The number of thiophene rings is 1. The van der Waals surface area contributed by atoms with Gasteiger partial charge in [0, 0.05) is 33.6 Å². The number of allylic oxidation sites excluding steroid dienone is 4. The van der Waals surface area contributed by atoms with E-state index in [4.69, 9.17) is 16.4 Å². The van der Waals surface area contributed by atoms with Crippen molar-refractivity contribution in [3.05, 3.63) is 45.1 Å². The predicted molar refractivity (Wildman–Crippen MR) is 137 cm³/mol. The summed E-state index contributed by atoms with van der Waals surface area (Å²) in [6.07, 6.45) is 6.62. The molecule has 194 valence electrons. The fourth-order valence-electron chi connectivity index (χ4n) is 9.19. The molecule has 2 heterocycles. The van der Waals surface area contributed by atoms with Crippen LogP contribution in [0.4, 0.5) is 0 Å². The van der Waals surface area contributed by atoms with Crippen LogP contribution in [-0.2, 0) is 21.0 Å². The highest BCUT2D eigenvalue weighted by Crippen LogP contribution is 2.74. The third-order valence-corrected chi connectivity index (χ3v) is 12.3. The molecule has 4 fully saturated rings. The summed E-state index contributed by atoms with van der Waals surface area (Å²) in [5.41, 5.74) is -1.96. The Morgan fingerprint density at radius 1 is 1.25 bits per heavy atom. The van der Waals surface area contributed by atoms with E-state index in [9.17, 15) is 19.8 Å². The number of halogens is 1. The normalized spacial score (nSPS) is 47.7. The number of carbonyl (C=O) groups excluding carboxylic acids is 1. The SMILES string of the molecule is C[C@H]1C[C@H]2[C@@H]3C[C@H]4CN(Cc5ccc(Cl)s5)O[C@@]4(C(=O)O)[C@@]3(C)C[C@H](O)[C@]2(C)[C@@]2(C)C=CC(=O)C=C12. The zero-order chi connectivity index (χ0) is 25.8. The molecule has 0 amide bonds. The Bertz CT molecular complexity index is 1210. The van der Waals surface area contributed by atoms with Crippen LogP contribution < -0.4 is 0 Å². The predicted octanol–water partition coefficient (Wildman–Crippen LogP) is 5.11. The van der Waals surface area contributed by atoms with Crippen molar-refractivity contribution in [2.45, 2.75) is 65.2 Å². The standard InChI is InChI=1S/C28H34ClNO5S/c1-15-9-21-20-10-16-13-30(14-18-5-6-23(29)36-18)35-28(16,24(33)34)26(20,3)12-22(32)27(21,4)25(2)8-7-17(31)11-19(15)25/h5-8,11,15-16,20-22,32H,9-10,12-14H2,1-4H3,(H,33,34)/t15-,16-,20-,21-,22-,25-,26-,27+,28-/m0/s1. The Hall–Kier alpha value is -1.51. The number of aliphatic carboxylic acids is 1. The van der Waals surface area contributed by atoms with Gasteiger partial charge in [0.1, 0.15) is 0 Å². The van der Waals surface area contributed by atoms with Crippen LogP contribution in [0.1, 0.15) is 51.8 Å². The first-order valence-electron chi connectivity index (χ1n) is 12.9. The first kappa shape index (κ1) is 24.8. The molecule has 0 unspecified atom stereocenters. The molecule has 1 aromatic rings. The monoisotopic (exact) mass is 531 g/mol. The summed E-state index contributed by atoms with van der Waals surface area (Å²) in [6, 6.07) is 3.80. The van der Waals surface area contributed by atoms with E-state index in [2.05, 4.69) is 20.8 Å². The summed E-state index contributed by atoms with van der Waals surface area (Å²) in [5, 5.41) is 24.4. The van der Waals surface area contributed by atoms with Crippen LogP contribution in [0, 0.1) is 39.9 Å². The first-order valence-corrected chi connectivity index (χ1v) is 14.1. The number of aliphatic hydroxyl groups excluding tert-OH is 1. The molecule has 5 aliphatic rings. The molecule has 8 heteroatoms. The van der Waals surface area contributed by atoms with Crippen LogP contribution in [0.25, 0.3) is 0 Å². The van der Waals surface area contributed by atoms with Crippen LogP contribution in [0.2, 0.25) is 4.34 Å². The number of carboxylic acids is 1. The molecule has 4 aliphatic carbocycles. The van der Waals surface area contributed by atoms with E-state index in [1.54, 1.807) is 17.2 Å². The Kier molecular flexibility index (Phi) is 5.35. The number of aliphatic hydroxyl groups is 1. The summed E-state index contributed by atoms with van der Waals surface area (Å²) in [6.45, 7) is 9.57. The summed E-state index contributed by atoms with van der Waals surface area (Å²) in [5.74, 6) is -0.711. The average molecular weight is 532 g/mol. The van der Waals surface area contributed by atoms with Gasteiger partial charge < -0.3 is 10.2 Å². The van der Waals surface area contributed by atoms with Crippen LogP contribution in [0.3, 0.4) is 0 Å². The average Bonchev–Trinajstić information content (AvgIpc) is 3.44. The van der Waals surface area contributed by atoms with E-state index < -0.39 is 33.9 Å². The second kappa shape index (κ2) is 7.76. The number of fused-ring (bicyclic) bond motifs is 7. The summed E-state index contributed by atoms with van der Waals surface area (Å²) < 4.78 is 0.700. The van der Waals surface area contributed by atoms with E-state index in [1.807, 2.05) is 25.1 Å². The minimum Gasteiger partial charge on any atom is -0.479 e. The van der Waals surface area contributed by atoms with Crippen molar-refractivity contribution >= 4 is 34.7 Å². The number of rotatable bonds is 3. The van der Waals surface area contributed by atoms with E-state index in [1.165, 1.54) is 11.3 Å². The summed E-state index contributed by atoms with van der Waals surface area (Å²) >= 11 is 7.59. The van der Waals surface area contributed by atoms with E-state index in [-0.39, 0.29) is 29.5 Å². The van der Waals surface area contributed by atoms with E-state index in [0.717, 1.165) is 23.3 Å². The van der Waals surface area contributed by atoms with Crippen molar-refractivity contribution in [1.29, 1.82) is 0 Å². The number of hydrogen-bond donors (Lipinski definition) is 2. The summed E-state index contributed by atoms with van der Waals surface area (Å²) in [4.78, 5) is 32.9. The Morgan fingerprint density at radius 2 is 2.00 bits per heavy atom. The van der Waals surface area contributed by atoms with Gasteiger partial charge in [-0.2, -0.15) is 5.06 Å². The van der Waals surface area contributed by atoms with Gasteiger partial charge in [0.05, 0.1) is 17.0 Å². The van der Waals surface area contributed by atoms with Gasteiger partial charge >= 0.3 is 5.97 Å². The maximum absolute atomic E-state index is 13.1. The van der Waals surface area contributed by atoms with Crippen LogP contribution in [0.15, 0.2) is 35.9 Å². The molecule has 3 saturated carbocycles. The highest BCUT2D eigenvalue weighted by Gasteiger charge is 2.78. The van der Waals surface area contributed by atoms with Gasteiger partial charge in [0.2, 0.25) is 0 Å². The minimum atomic E-state index is -1.38.